The van der Waals surface area contributed by atoms with Crippen molar-refractivity contribution in [3.63, 3.8) is 0 Å². The highest BCUT2D eigenvalue weighted by Crippen LogP contribution is 2.36. The molecule has 3 aromatic rings. The molecule has 0 radical (unpaired) electrons. The Morgan fingerprint density at radius 3 is 2.28 bits per heavy atom. The molecule has 0 unspecified atom stereocenters. The number of amides is 1. The number of hydrogen-bond donors (Lipinski definition) is 2. The van der Waals surface area contributed by atoms with E-state index in [0.29, 0.717) is 5.56 Å². The van der Waals surface area contributed by atoms with Gasteiger partial charge in [-0.15, -0.1) is 0 Å². The van der Waals surface area contributed by atoms with E-state index in [2.05, 4.69) is 6.58 Å². The standard InChI is InChI=1S/C24H22ClNO5S/c1-15(27)20-10-9-17(16-7-5-4-6-8-16)11-19(20)14-32(30,31)22-13-18(24(29)26(2)3)12-21(25)23(22)28/h4-13,27-28H,1,14H2,2-3H3. The van der Waals surface area contributed by atoms with E-state index in [9.17, 15) is 23.4 Å². The summed E-state index contributed by atoms with van der Waals surface area (Å²) in [6, 6.07) is 16.7. The van der Waals surface area contributed by atoms with Crippen molar-refractivity contribution < 1.29 is 23.4 Å². The number of benzene rings is 3. The Kier molecular flexibility index (Phi) is 6.62. The van der Waals surface area contributed by atoms with Gasteiger partial charge in [-0.05, 0) is 34.9 Å². The van der Waals surface area contributed by atoms with Crippen LogP contribution >= 0.6 is 11.6 Å². The number of hydrogen-bond acceptors (Lipinski definition) is 5. The van der Waals surface area contributed by atoms with Gasteiger partial charge in [-0.2, -0.15) is 0 Å². The maximum Gasteiger partial charge on any atom is 0.253 e. The van der Waals surface area contributed by atoms with Gasteiger partial charge in [0.25, 0.3) is 5.91 Å². The monoisotopic (exact) mass is 471 g/mol. The van der Waals surface area contributed by atoms with Crippen molar-refractivity contribution in [1.29, 1.82) is 0 Å². The SMILES string of the molecule is C=C(O)c1ccc(-c2ccccc2)cc1CS(=O)(=O)c1cc(C(=O)N(C)C)cc(Cl)c1O. The highest BCUT2D eigenvalue weighted by molar-refractivity contribution is 7.90. The minimum atomic E-state index is -4.16. The molecule has 32 heavy (non-hydrogen) atoms. The normalized spacial score (nSPS) is 11.2. The van der Waals surface area contributed by atoms with E-state index in [1.807, 2.05) is 30.3 Å². The fourth-order valence-electron chi connectivity index (χ4n) is 3.28. The van der Waals surface area contributed by atoms with Crippen LogP contribution in [0.5, 0.6) is 5.75 Å². The number of rotatable bonds is 6. The molecule has 3 aromatic carbocycles. The Morgan fingerprint density at radius 1 is 1.03 bits per heavy atom. The maximum atomic E-state index is 13.3. The topological polar surface area (TPSA) is 94.9 Å². The number of phenols is 1. The summed E-state index contributed by atoms with van der Waals surface area (Å²) < 4.78 is 26.6. The number of phenolic OH excluding ortho intramolecular Hbond substituents is 1. The van der Waals surface area contributed by atoms with Crippen LogP contribution in [0.2, 0.25) is 5.02 Å². The highest BCUT2D eigenvalue weighted by Gasteiger charge is 2.26. The van der Waals surface area contributed by atoms with Crippen molar-refractivity contribution in [2.75, 3.05) is 14.1 Å². The molecular formula is C24H22ClNO5S. The number of aliphatic hydroxyl groups is 1. The van der Waals surface area contributed by atoms with Crippen molar-refractivity contribution >= 4 is 33.1 Å². The average molecular weight is 472 g/mol. The van der Waals surface area contributed by atoms with Gasteiger partial charge in [0.1, 0.15) is 10.7 Å². The van der Waals surface area contributed by atoms with Crippen LogP contribution < -0.4 is 0 Å². The largest absolute Gasteiger partial charge is 0.508 e. The number of carbonyl (C=O) groups is 1. The Labute approximate surface area is 191 Å². The van der Waals surface area contributed by atoms with E-state index < -0.39 is 32.1 Å². The first-order chi connectivity index (χ1) is 15.0. The van der Waals surface area contributed by atoms with Gasteiger partial charge in [0.05, 0.1) is 10.8 Å². The van der Waals surface area contributed by atoms with Crippen LogP contribution in [0.15, 0.2) is 72.1 Å². The summed E-state index contributed by atoms with van der Waals surface area (Å²) in [7, 11) is -1.12. The lowest BCUT2D eigenvalue weighted by molar-refractivity contribution is 0.0827. The third-order valence-electron chi connectivity index (χ3n) is 4.89. The van der Waals surface area contributed by atoms with Crippen LogP contribution in [0.1, 0.15) is 21.5 Å². The molecule has 6 nitrogen and oxygen atoms in total. The second kappa shape index (κ2) is 9.06. The molecule has 0 atom stereocenters. The summed E-state index contributed by atoms with van der Waals surface area (Å²) in [5.74, 6) is -1.93. The van der Waals surface area contributed by atoms with Crippen molar-refractivity contribution in [2.24, 2.45) is 0 Å². The second-order valence-electron chi connectivity index (χ2n) is 7.45. The van der Waals surface area contributed by atoms with Gasteiger partial charge in [-0.25, -0.2) is 8.42 Å². The van der Waals surface area contributed by atoms with Gasteiger partial charge in [0.2, 0.25) is 0 Å². The number of aromatic hydroxyl groups is 1. The quantitative estimate of drug-likeness (QED) is 0.498. The summed E-state index contributed by atoms with van der Waals surface area (Å²) in [5, 5.41) is 20.1. The van der Waals surface area contributed by atoms with Crippen molar-refractivity contribution in [2.45, 2.75) is 10.6 Å². The van der Waals surface area contributed by atoms with Crippen molar-refractivity contribution in [3.8, 4) is 16.9 Å². The fraction of sp³-hybridized carbons (Fsp3) is 0.125. The molecule has 1 amide bonds. The Morgan fingerprint density at radius 2 is 1.69 bits per heavy atom. The molecule has 0 saturated carbocycles. The fourth-order valence-corrected chi connectivity index (χ4v) is 5.07. The zero-order valence-electron chi connectivity index (χ0n) is 17.5. The van der Waals surface area contributed by atoms with Gasteiger partial charge in [-0.1, -0.05) is 60.6 Å². The summed E-state index contributed by atoms with van der Waals surface area (Å²) in [6.07, 6.45) is 0. The molecule has 0 aliphatic rings. The molecule has 0 spiro atoms. The van der Waals surface area contributed by atoms with E-state index in [0.717, 1.165) is 17.2 Å². The maximum absolute atomic E-state index is 13.3. The molecule has 2 N–H and O–H groups in total. The van der Waals surface area contributed by atoms with Crippen LogP contribution in [-0.2, 0) is 15.6 Å². The second-order valence-corrected chi connectivity index (χ2v) is 9.81. The number of aliphatic hydroxyl groups excluding tert-OH is 1. The van der Waals surface area contributed by atoms with Gasteiger partial charge in [-0.3, -0.25) is 4.79 Å². The first-order valence-electron chi connectivity index (χ1n) is 9.55. The number of sulfone groups is 1. The lowest BCUT2D eigenvalue weighted by Gasteiger charge is -2.15. The van der Waals surface area contributed by atoms with Crippen molar-refractivity contribution in [3.05, 3.63) is 89.0 Å². The number of halogens is 1. The molecular weight excluding hydrogens is 450 g/mol. The Balaban J connectivity index is 2.12. The van der Waals surface area contributed by atoms with Gasteiger partial charge >= 0.3 is 0 Å². The first-order valence-corrected chi connectivity index (χ1v) is 11.6. The zero-order valence-corrected chi connectivity index (χ0v) is 19.1. The molecule has 0 fully saturated rings. The predicted molar refractivity (Wildman–Crippen MR) is 126 cm³/mol. The molecule has 0 bridgehead atoms. The summed E-state index contributed by atoms with van der Waals surface area (Å²) in [4.78, 5) is 13.1. The summed E-state index contributed by atoms with van der Waals surface area (Å²) in [6.45, 7) is 3.52. The lowest BCUT2D eigenvalue weighted by atomic mass is 9.99. The minimum absolute atomic E-state index is 0.0289. The van der Waals surface area contributed by atoms with Crippen molar-refractivity contribution in [1.82, 2.24) is 4.90 Å². The highest BCUT2D eigenvalue weighted by atomic mass is 35.5. The third-order valence-corrected chi connectivity index (χ3v) is 6.85. The summed E-state index contributed by atoms with van der Waals surface area (Å²) in [5.41, 5.74) is 2.20. The molecule has 0 aromatic heterocycles. The molecule has 0 heterocycles. The molecule has 3 rings (SSSR count). The van der Waals surface area contributed by atoms with E-state index in [4.69, 9.17) is 11.6 Å². The van der Waals surface area contributed by atoms with Crippen LogP contribution in [0, 0.1) is 0 Å². The van der Waals surface area contributed by atoms with Crippen LogP contribution in [0.4, 0.5) is 0 Å². The van der Waals surface area contributed by atoms with Gasteiger partial charge in [0, 0.05) is 25.2 Å². The molecule has 0 aliphatic heterocycles. The van der Waals surface area contributed by atoms with Gasteiger partial charge < -0.3 is 15.1 Å². The minimum Gasteiger partial charge on any atom is -0.508 e. The van der Waals surface area contributed by atoms with Crippen LogP contribution in [-0.4, -0.2) is 43.5 Å². The zero-order chi connectivity index (χ0) is 23.6. The van der Waals surface area contributed by atoms with E-state index in [1.54, 1.807) is 18.2 Å². The third kappa shape index (κ3) is 4.79. The number of nitrogens with zero attached hydrogens (tertiary/aromatic N) is 1. The molecule has 166 valence electrons. The predicted octanol–water partition coefficient (Wildman–Crippen LogP) is 4.92. The van der Waals surface area contributed by atoms with E-state index >= 15 is 0 Å². The van der Waals surface area contributed by atoms with Crippen LogP contribution in [0.3, 0.4) is 0 Å². The Bertz CT molecular complexity index is 1300. The molecule has 0 aliphatic carbocycles. The van der Waals surface area contributed by atoms with E-state index in [-0.39, 0.29) is 21.9 Å². The summed E-state index contributed by atoms with van der Waals surface area (Å²) >= 11 is 6.02. The molecule has 8 heteroatoms. The smallest absolute Gasteiger partial charge is 0.253 e. The Hall–Kier alpha value is -3.29. The number of carbonyl (C=O) groups excluding carboxylic acids is 1. The van der Waals surface area contributed by atoms with Crippen LogP contribution in [0.25, 0.3) is 16.9 Å². The lowest BCUT2D eigenvalue weighted by Crippen LogP contribution is -2.22. The van der Waals surface area contributed by atoms with E-state index in [1.165, 1.54) is 25.1 Å². The van der Waals surface area contributed by atoms with Gasteiger partial charge in [0.15, 0.2) is 15.6 Å². The molecule has 0 saturated heterocycles. The first kappa shape index (κ1) is 23.4. The average Bonchev–Trinajstić information content (AvgIpc) is 2.74.